The maximum atomic E-state index is 12.6. The lowest BCUT2D eigenvalue weighted by atomic mass is 9.55. The first kappa shape index (κ1) is 16.6. The Hall–Kier alpha value is -2.87. The number of carbonyl (C=O) groups excluding carboxylic acids is 1. The molecule has 0 spiro atoms. The Balaban J connectivity index is 1.52. The fourth-order valence-corrected chi connectivity index (χ4v) is 4.05. The summed E-state index contributed by atoms with van der Waals surface area (Å²) in [6.45, 7) is 0. The van der Waals surface area contributed by atoms with Crippen molar-refractivity contribution in [2.75, 3.05) is 0 Å². The van der Waals surface area contributed by atoms with E-state index in [0.29, 0.717) is 18.1 Å². The minimum Gasteiger partial charge on any atom is -0.427 e. The van der Waals surface area contributed by atoms with Crippen LogP contribution in [-0.4, -0.2) is 5.97 Å². The van der Waals surface area contributed by atoms with Crippen LogP contribution in [0.3, 0.4) is 0 Å². The molecule has 26 heavy (non-hydrogen) atoms. The summed E-state index contributed by atoms with van der Waals surface area (Å²) >= 11 is 0. The summed E-state index contributed by atoms with van der Waals surface area (Å²) in [5, 5.41) is 0. The summed E-state index contributed by atoms with van der Waals surface area (Å²) in [6, 6.07) is 30.3. The number of benzene rings is 3. The zero-order valence-electron chi connectivity index (χ0n) is 14.7. The first-order valence-electron chi connectivity index (χ1n) is 9.11. The molecule has 0 aromatic heterocycles. The number of rotatable bonds is 5. The van der Waals surface area contributed by atoms with Gasteiger partial charge in [-0.2, -0.15) is 0 Å². The van der Waals surface area contributed by atoms with Gasteiger partial charge in [-0.25, -0.2) is 0 Å². The van der Waals surface area contributed by atoms with Gasteiger partial charge in [0, 0.05) is 5.41 Å². The molecule has 1 aliphatic rings. The summed E-state index contributed by atoms with van der Waals surface area (Å²) in [5.74, 6) is 0.951. The number of para-hydroxylation sites is 1. The molecule has 2 heteroatoms. The third kappa shape index (κ3) is 3.41. The molecular weight excluding hydrogens is 320 g/mol. The zero-order valence-corrected chi connectivity index (χ0v) is 14.7. The summed E-state index contributed by atoms with van der Waals surface area (Å²) in [4.78, 5) is 12.6. The first-order chi connectivity index (χ1) is 12.8. The van der Waals surface area contributed by atoms with Gasteiger partial charge in [0.1, 0.15) is 5.75 Å². The Morgan fingerprint density at radius 2 is 1.35 bits per heavy atom. The predicted octanol–water partition coefficient (Wildman–Crippen LogP) is 5.50. The smallest absolute Gasteiger partial charge is 0.312 e. The Labute approximate surface area is 154 Å². The van der Waals surface area contributed by atoms with Crippen LogP contribution in [0.2, 0.25) is 0 Å². The molecule has 1 aliphatic carbocycles. The molecule has 0 bridgehead atoms. The number of hydrogen-bond donors (Lipinski definition) is 0. The van der Waals surface area contributed by atoms with Gasteiger partial charge < -0.3 is 4.74 Å². The second-order valence-corrected chi connectivity index (χ2v) is 7.13. The Kier molecular flexibility index (Phi) is 4.57. The van der Waals surface area contributed by atoms with Gasteiger partial charge in [-0.05, 0) is 42.0 Å². The van der Waals surface area contributed by atoms with Crippen molar-refractivity contribution in [3.05, 3.63) is 102 Å². The van der Waals surface area contributed by atoms with Crippen molar-refractivity contribution in [3.8, 4) is 5.75 Å². The molecule has 3 aromatic carbocycles. The Bertz CT molecular complexity index is 850. The lowest BCUT2D eigenvalue weighted by Crippen LogP contribution is -2.42. The van der Waals surface area contributed by atoms with E-state index < -0.39 is 0 Å². The lowest BCUT2D eigenvalue weighted by molar-refractivity contribution is -0.137. The van der Waals surface area contributed by atoms with Crippen LogP contribution in [0.1, 0.15) is 36.3 Å². The standard InChI is InChI=1S/C24H22O2/c25-23(26-22-14-8-3-9-15-22)18-24(21-12-6-2-7-13-21)16-20(17-24)19-10-4-1-5-11-19/h1-15,20H,16-18H2. The lowest BCUT2D eigenvalue weighted by Gasteiger charge is -2.48. The highest BCUT2D eigenvalue weighted by Crippen LogP contribution is 2.54. The van der Waals surface area contributed by atoms with Gasteiger partial charge in [-0.3, -0.25) is 4.79 Å². The summed E-state index contributed by atoms with van der Waals surface area (Å²) in [5.41, 5.74) is 2.46. The van der Waals surface area contributed by atoms with Crippen LogP contribution in [-0.2, 0) is 10.2 Å². The molecule has 3 aromatic rings. The fraction of sp³-hybridized carbons (Fsp3) is 0.208. The van der Waals surface area contributed by atoms with Crippen LogP contribution >= 0.6 is 0 Å². The molecule has 0 saturated heterocycles. The Morgan fingerprint density at radius 1 is 0.808 bits per heavy atom. The fourth-order valence-electron chi connectivity index (χ4n) is 4.05. The van der Waals surface area contributed by atoms with E-state index in [4.69, 9.17) is 4.74 Å². The van der Waals surface area contributed by atoms with E-state index in [0.717, 1.165) is 12.8 Å². The van der Waals surface area contributed by atoms with Crippen molar-refractivity contribution >= 4 is 5.97 Å². The highest BCUT2D eigenvalue weighted by molar-refractivity contribution is 5.74. The van der Waals surface area contributed by atoms with Gasteiger partial charge in [-0.1, -0.05) is 78.9 Å². The van der Waals surface area contributed by atoms with Gasteiger partial charge >= 0.3 is 5.97 Å². The molecule has 0 unspecified atom stereocenters. The van der Waals surface area contributed by atoms with Crippen molar-refractivity contribution in [1.29, 1.82) is 0 Å². The summed E-state index contributed by atoms with van der Waals surface area (Å²) < 4.78 is 5.57. The van der Waals surface area contributed by atoms with Crippen LogP contribution < -0.4 is 4.74 Å². The monoisotopic (exact) mass is 342 g/mol. The van der Waals surface area contributed by atoms with Crippen LogP contribution in [0, 0.1) is 0 Å². The van der Waals surface area contributed by atoms with Crippen LogP contribution in [0.25, 0.3) is 0 Å². The van der Waals surface area contributed by atoms with Gasteiger partial charge in [0.25, 0.3) is 0 Å². The second kappa shape index (κ2) is 7.17. The molecule has 0 heterocycles. The van der Waals surface area contributed by atoms with E-state index >= 15 is 0 Å². The zero-order chi connectivity index (χ0) is 17.8. The molecule has 4 rings (SSSR count). The van der Waals surface area contributed by atoms with Crippen LogP contribution in [0.5, 0.6) is 5.75 Å². The minimum absolute atomic E-state index is 0.131. The quantitative estimate of drug-likeness (QED) is 0.452. The first-order valence-corrected chi connectivity index (χ1v) is 9.11. The van der Waals surface area contributed by atoms with Gasteiger partial charge in [-0.15, -0.1) is 0 Å². The van der Waals surface area contributed by atoms with Gasteiger partial charge in [0.15, 0.2) is 0 Å². The third-order valence-electron chi connectivity index (χ3n) is 5.39. The average molecular weight is 342 g/mol. The molecule has 0 N–H and O–H groups in total. The number of carbonyl (C=O) groups is 1. The average Bonchev–Trinajstić information content (AvgIpc) is 2.66. The normalized spacial score (nSPS) is 21.6. The highest BCUT2D eigenvalue weighted by Gasteiger charge is 2.47. The van der Waals surface area contributed by atoms with E-state index in [1.54, 1.807) is 0 Å². The number of ether oxygens (including phenoxy) is 1. The second-order valence-electron chi connectivity index (χ2n) is 7.13. The van der Waals surface area contributed by atoms with E-state index in [-0.39, 0.29) is 11.4 Å². The molecule has 0 atom stereocenters. The molecule has 130 valence electrons. The van der Waals surface area contributed by atoms with E-state index in [1.165, 1.54) is 11.1 Å². The van der Waals surface area contributed by atoms with Crippen molar-refractivity contribution in [1.82, 2.24) is 0 Å². The molecule has 0 radical (unpaired) electrons. The summed E-state index contributed by atoms with van der Waals surface area (Å²) in [7, 11) is 0. The maximum Gasteiger partial charge on any atom is 0.312 e. The van der Waals surface area contributed by atoms with Crippen molar-refractivity contribution in [2.45, 2.75) is 30.6 Å². The molecule has 2 nitrogen and oxygen atoms in total. The highest BCUT2D eigenvalue weighted by atomic mass is 16.5. The van der Waals surface area contributed by atoms with E-state index in [2.05, 4.69) is 48.5 Å². The van der Waals surface area contributed by atoms with Crippen LogP contribution in [0.15, 0.2) is 91.0 Å². The molecule has 0 aliphatic heterocycles. The van der Waals surface area contributed by atoms with Crippen molar-refractivity contribution < 1.29 is 9.53 Å². The number of esters is 1. The number of hydrogen-bond acceptors (Lipinski definition) is 2. The summed E-state index contributed by atoms with van der Waals surface area (Å²) in [6.07, 6.45) is 2.37. The molecule has 1 fully saturated rings. The topological polar surface area (TPSA) is 26.3 Å². The van der Waals surface area contributed by atoms with E-state index in [1.807, 2.05) is 42.5 Å². The minimum atomic E-state index is -0.161. The molecule has 0 amide bonds. The van der Waals surface area contributed by atoms with E-state index in [9.17, 15) is 4.79 Å². The van der Waals surface area contributed by atoms with Crippen molar-refractivity contribution in [3.63, 3.8) is 0 Å². The maximum absolute atomic E-state index is 12.6. The third-order valence-corrected chi connectivity index (χ3v) is 5.39. The Morgan fingerprint density at radius 3 is 1.96 bits per heavy atom. The van der Waals surface area contributed by atoms with Crippen molar-refractivity contribution in [2.24, 2.45) is 0 Å². The predicted molar refractivity (Wildman–Crippen MR) is 103 cm³/mol. The molecular formula is C24H22O2. The van der Waals surface area contributed by atoms with Gasteiger partial charge in [0.05, 0.1) is 6.42 Å². The van der Waals surface area contributed by atoms with Crippen LogP contribution in [0.4, 0.5) is 0 Å². The van der Waals surface area contributed by atoms with Gasteiger partial charge in [0.2, 0.25) is 0 Å². The molecule has 1 saturated carbocycles. The largest absolute Gasteiger partial charge is 0.427 e. The SMILES string of the molecule is O=C(CC1(c2ccccc2)CC(c2ccccc2)C1)Oc1ccccc1.